The summed E-state index contributed by atoms with van der Waals surface area (Å²) in [6.45, 7) is 1.98. The second-order valence-electron chi connectivity index (χ2n) is 5.96. The molecule has 0 radical (unpaired) electrons. The van der Waals surface area contributed by atoms with Crippen molar-refractivity contribution in [3.05, 3.63) is 83.9 Å². The molecule has 1 heterocycles. The van der Waals surface area contributed by atoms with Gasteiger partial charge in [0.1, 0.15) is 11.6 Å². The Hall–Kier alpha value is -3.74. The lowest BCUT2D eigenvalue weighted by Gasteiger charge is -2.12. The van der Waals surface area contributed by atoms with E-state index in [1.165, 1.54) is 18.2 Å². The van der Waals surface area contributed by atoms with E-state index in [-0.39, 0.29) is 18.0 Å². The maximum absolute atomic E-state index is 13.3. The second kappa shape index (κ2) is 8.77. The lowest BCUT2D eigenvalue weighted by Crippen LogP contribution is -2.35. The Kier molecular flexibility index (Phi) is 5.96. The molecule has 0 spiro atoms. The van der Waals surface area contributed by atoms with Crippen molar-refractivity contribution in [1.82, 2.24) is 10.3 Å². The number of hydrogen-bond acceptors (Lipinski definition) is 4. The molecule has 0 bridgehead atoms. The highest BCUT2D eigenvalue weighted by Gasteiger charge is 2.16. The van der Waals surface area contributed by atoms with Gasteiger partial charge in [-0.3, -0.25) is 14.6 Å². The fourth-order valence-corrected chi connectivity index (χ4v) is 2.44. The zero-order chi connectivity index (χ0) is 19.9. The summed E-state index contributed by atoms with van der Waals surface area (Å²) >= 11 is 0. The van der Waals surface area contributed by atoms with E-state index in [0.29, 0.717) is 11.4 Å². The van der Waals surface area contributed by atoms with Gasteiger partial charge in [-0.25, -0.2) is 4.39 Å². The molecule has 3 aromatic rings. The number of pyridine rings is 1. The number of nitrogens with one attached hydrogen (secondary N) is 2. The number of carbonyl (C=O) groups is 2. The van der Waals surface area contributed by atoms with Gasteiger partial charge in [-0.05, 0) is 43.3 Å². The third-order valence-corrected chi connectivity index (χ3v) is 3.74. The Morgan fingerprint density at radius 3 is 2.57 bits per heavy atom. The van der Waals surface area contributed by atoms with Crippen LogP contribution in [-0.2, 0) is 16.1 Å². The fourth-order valence-electron chi connectivity index (χ4n) is 2.44. The molecule has 0 saturated carbocycles. The molecule has 0 saturated heterocycles. The Bertz CT molecular complexity index is 1010. The van der Waals surface area contributed by atoms with Crippen molar-refractivity contribution in [2.24, 2.45) is 0 Å². The number of rotatable bonds is 5. The maximum Gasteiger partial charge on any atom is 0.313 e. The summed E-state index contributed by atoms with van der Waals surface area (Å²) in [6.07, 6.45) is 0. The van der Waals surface area contributed by atoms with Gasteiger partial charge in [0.2, 0.25) is 0 Å². The molecule has 6 nitrogen and oxygen atoms in total. The molecule has 28 heavy (non-hydrogen) atoms. The van der Waals surface area contributed by atoms with E-state index < -0.39 is 17.6 Å². The number of amides is 2. The molecule has 2 aromatic carbocycles. The number of halogens is 1. The van der Waals surface area contributed by atoms with Crippen molar-refractivity contribution in [2.75, 3.05) is 5.32 Å². The SMILES string of the molecule is Cc1cccc(CNC(=O)C(=O)Nc2ccccc2Oc2cccc(F)c2)n1. The third-order valence-electron chi connectivity index (χ3n) is 3.74. The standard InChI is InChI=1S/C21H18FN3O3/c1-14-6-4-8-16(24-14)13-23-20(26)21(27)25-18-10-2-3-11-19(18)28-17-9-5-7-15(22)12-17/h2-12H,13H2,1H3,(H,23,26)(H,25,27). The van der Waals surface area contributed by atoms with Crippen LogP contribution in [0.3, 0.4) is 0 Å². The summed E-state index contributed by atoms with van der Waals surface area (Å²) in [5.41, 5.74) is 1.76. The normalized spacial score (nSPS) is 10.2. The highest BCUT2D eigenvalue weighted by atomic mass is 19.1. The first-order valence-corrected chi connectivity index (χ1v) is 8.55. The zero-order valence-electron chi connectivity index (χ0n) is 15.1. The number of anilines is 1. The largest absolute Gasteiger partial charge is 0.455 e. The predicted octanol–water partition coefficient (Wildman–Crippen LogP) is 3.58. The van der Waals surface area contributed by atoms with Crippen LogP contribution in [0.1, 0.15) is 11.4 Å². The van der Waals surface area contributed by atoms with Crippen LogP contribution in [-0.4, -0.2) is 16.8 Å². The van der Waals surface area contributed by atoms with Crippen LogP contribution >= 0.6 is 0 Å². The Balaban J connectivity index is 1.64. The fraction of sp³-hybridized carbons (Fsp3) is 0.0952. The van der Waals surface area contributed by atoms with Crippen LogP contribution in [0, 0.1) is 12.7 Å². The maximum atomic E-state index is 13.3. The van der Waals surface area contributed by atoms with E-state index in [4.69, 9.17) is 4.74 Å². The smallest absolute Gasteiger partial charge is 0.313 e. The Morgan fingerprint density at radius 2 is 1.79 bits per heavy atom. The van der Waals surface area contributed by atoms with Crippen molar-refractivity contribution in [3.8, 4) is 11.5 Å². The first-order valence-electron chi connectivity index (χ1n) is 8.55. The number of aryl methyl sites for hydroxylation is 1. The summed E-state index contributed by atoms with van der Waals surface area (Å²) in [4.78, 5) is 28.5. The highest BCUT2D eigenvalue weighted by molar-refractivity contribution is 6.39. The lowest BCUT2D eigenvalue weighted by atomic mass is 10.2. The van der Waals surface area contributed by atoms with Crippen LogP contribution < -0.4 is 15.4 Å². The average molecular weight is 379 g/mol. The quantitative estimate of drug-likeness (QED) is 0.664. The number of aromatic nitrogens is 1. The monoisotopic (exact) mass is 379 g/mol. The molecule has 0 aliphatic heterocycles. The van der Waals surface area contributed by atoms with Gasteiger partial charge in [0.15, 0.2) is 5.75 Å². The summed E-state index contributed by atoms with van der Waals surface area (Å²) in [7, 11) is 0. The van der Waals surface area contributed by atoms with Crippen molar-refractivity contribution < 1.29 is 18.7 Å². The van der Waals surface area contributed by atoms with Gasteiger partial charge in [-0.15, -0.1) is 0 Å². The summed E-state index contributed by atoms with van der Waals surface area (Å²) in [5, 5.41) is 5.02. The molecule has 0 fully saturated rings. The van der Waals surface area contributed by atoms with Gasteiger partial charge in [0.05, 0.1) is 17.9 Å². The van der Waals surface area contributed by atoms with E-state index >= 15 is 0 Å². The summed E-state index contributed by atoms with van der Waals surface area (Å²) in [5.74, 6) is -1.53. The molecule has 2 N–H and O–H groups in total. The lowest BCUT2D eigenvalue weighted by molar-refractivity contribution is -0.136. The van der Waals surface area contributed by atoms with Crippen LogP contribution in [0.15, 0.2) is 66.7 Å². The minimum Gasteiger partial charge on any atom is -0.455 e. The van der Waals surface area contributed by atoms with Crippen molar-refractivity contribution in [3.63, 3.8) is 0 Å². The molecular formula is C21H18FN3O3. The first kappa shape index (κ1) is 19.0. The van der Waals surface area contributed by atoms with Crippen LogP contribution in [0.2, 0.25) is 0 Å². The second-order valence-corrected chi connectivity index (χ2v) is 5.96. The molecule has 2 amide bonds. The molecule has 7 heteroatoms. The zero-order valence-corrected chi connectivity index (χ0v) is 15.1. The topological polar surface area (TPSA) is 80.3 Å². The average Bonchev–Trinajstić information content (AvgIpc) is 2.67. The van der Waals surface area contributed by atoms with Crippen molar-refractivity contribution in [2.45, 2.75) is 13.5 Å². The van der Waals surface area contributed by atoms with E-state index in [0.717, 1.165) is 5.69 Å². The molecule has 142 valence electrons. The van der Waals surface area contributed by atoms with Gasteiger partial charge >= 0.3 is 11.8 Å². The van der Waals surface area contributed by atoms with Crippen molar-refractivity contribution in [1.29, 1.82) is 0 Å². The van der Waals surface area contributed by atoms with E-state index in [2.05, 4.69) is 15.6 Å². The Labute approximate surface area is 161 Å². The Morgan fingerprint density at radius 1 is 1.00 bits per heavy atom. The van der Waals surface area contributed by atoms with Crippen molar-refractivity contribution >= 4 is 17.5 Å². The number of ether oxygens (including phenoxy) is 1. The number of hydrogen-bond donors (Lipinski definition) is 2. The third kappa shape index (κ3) is 5.14. The van der Waals surface area contributed by atoms with Gasteiger partial charge in [-0.1, -0.05) is 24.3 Å². The molecule has 0 aliphatic carbocycles. The minimum absolute atomic E-state index is 0.134. The molecule has 0 unspecified atom stereocenters. The van der Waals surface area contributed by atoms with Gasteiger partial charge in [0, 0.05) is 11.8 Å². The van der Waals surface area contributed by atoms with Crippen LogP contribution in [0.25, 0.3) is 0 Å². The number of para-hydroxylation sites is 2. The number of carbonyl (C=O) groups excluding carboxylic acids is 2. The predicted molar refractivity (Wildman–Crippen MR) is 102 cm³/mol. The summed E-state index contributed by atoms with van der Waals surface area (Å²) in [6, 6.07) is 17.6. The van der Waals surface area contributed by atoms with Crippen LogP contribution in [0.4, 0.5) is 10.1 Å². The van der Waals surface area contributed by atoms with E-state index in [1.54, 1.807) is 36.4 Å². The van der Waals surface area contributed by atoms with Gasteiger partial charge < -0.3 is 15.4 Å². The summed E-state index contributed by atoms with van der Waals surface area (Å²) < 4.78 is 18.9. The molecule has 1 aromatic heterocycles. The molecule has 3 rings (SSSR count). The molecule has 0 aliphatic rings. The van der Waals surface area contributed by atoms with Gasteiger partial charge in [0.25, 0.3) is 0 Å². The first-order chi connectivity index (χ1) is 13.5. The van der Waals surface area contributed by atoms with E-state index in [9.17, 15) is 14.0 Å². The number of benzene rings is 2. The van der Waals surface area contributed by atoms with Gasteiger partial charge in [-0.2, -0.15) is 0 Å². The number of nitrogens with zero attached hydrogens (tertiary/aromatic N) is 1. The molecular weight excluding hydrogens is 361 g/mol. The minimum atomic E-state index is -0.844. The van der Waals surface area contributed by atoms with E-state index in [1.807, 2.05) is 19.1 Å². The highest BCUT2D eigenvalue weighted by Crippen LogP contribution is 2.29. The van der Waals surface area contributed by atoms with Crippen LogP contribution in [0.5, 0.6) is 11.5 Å². The molecule has 0 atom stereocenters.